The van der Waals surface area contributed by atoms with E-state index in [2.05, 4.69) is 20.8 Å². The van der Waals surface area contributed by atoms with Crippen LogP contribution in [-0.2, 0) is 20.9 Å². The lowest BCUT2D eigenvalue weighted by Gasteiger charge is -2.26. The van der Waals surface area contributed by atoms with E-state index in [-0.39, 0.29) is 15.7 Å². The van der Waals surface area contributed by atoms with Gasteiger partial charge in [0.05, 0.1) is 4.90 Å². The zero-order valence-electron chi connectivity index (χ0n) is 11.9. The lowest BCUT2D eigenvalue weighted by molar-refractivity contribution is 0.475. The van der Waals surface area contributed by atoms with Crippen LogP contribution in [-0.4, -0.2) is 13.0 Å². The second kappa shape index (κ2) is 4.35. The molecule has 0 atom stereocenters. The van der Waals surface area contributed by atoms with Gasteiger partial charge in [0.25, 0.3) is 10.1 Å². The first-order valence-electron chi connectivity index (χ1n) is 5.96. The van der Waals surface area contributed by atoms with E-state index in [1.165, 1.54) is 6.07 Å². The Bertz CT molecular complexity index is 543. The summed E-state index contributed by atoms with van der Waals surface area (Å²) >= 11 is 0. The first-order chi connectivity index (χ1) is 7.83. The van der Waals surface area contributed by atoms with Crippen LogP contribution in [0.2, 0.25) is 0 Å². The summed E-state index contributed by atoms with van der Waals surface area (Å²) in [7, 11) is -4.18. The highest BCUT2D eigenvalue weighted by molar-refractivity contribution is 7.85. The maximum absolute atomic E-state index is 11.4. The molecule has 0 heterocycles. The highest BCUT2D eigenvalue weighted by atomic mass is 32.2. The van der Waals surface area contributed by atoms with Crippen molar-refractivity contribution in [1.82, 2.24) is 0 Å². The van der Waals surface area contributed by atoms with Crippen LogP contribution in [0.1, 0.15) is 52.7 Å². The fourth-order valence-corrected chi connectivity index (χ4v) is 2.69. The van der Waals surface area contributed by atoms with Crippen LogP contribution in [0.3, 0.4) is 0 Å². The molecule has 1 aromatic rings. The number of rotatable bonds is 1. The Morgan fingerprint density at radius 2 is 1.44 bits per heavy atom. The van der Waals surface area contributed by atoms with E-state index in [1.807, 2.05) is 26.8 Å². The molecule has 0 saturated heterocycles. The zero-order chi connectivity index (χ0) is 14.4. The molecule has 1 rings (SSSR count). The second-order valence-electron chi connectivity index (χ2n) is 6.69. The summed E-state index contributed by atoms with van der Waals surface area (Å²) < 4.78 is 32.1. The van der Waals surface area contributed by atoms with Crippen LogP contribution in [0.4, 0.5) is 0 Å². The molecule has 1 aromatic carbocycles. The van der Waals surface area contributed by atoms with Gasteiger partial charge in [-0.15, -0.1) is 0 Å². The third kappa shape index (κ3) is 3.33. The van der Waals surface area contributed by atoms with Crippen molar-refractivity contribution in [3.05, 3.63) is 29.3 Å². The maximum Gasteiger partial charge on any atom is 0.294 e. The number of benzene rings is 1. The van der Waals surface area contributed by atoms with Gasteiger partial charge in [-0.1, -0.05) is 53.7 Å². The molecule has 18 heavy (non-hydrogen) atoms. The molecule has 0 aliphatic carbocycles. The molecular weight excluding hydrogens is 248 g/mol. The molecule has 0 saturated carbocycles. The number of hydrogen-bond donors (Lipinski definition) is 1. The van der Waals surface area contributed by atoms with E-state index in [0.29, 0.717) is 5.56 Å². The smallest absolute Gasteiger partial charge is 0.282 e. The minimum atomic E-state index is -4.18. The lowest BCUT2D eigenvalue weighted by Crippen LogP contribution is -2.19. The summed E-state index contributed by atoms with van der Waals surface area (Å²) in [5, 5.41) is 0. The Balaban J connectivity index is 3.61. The van der Waals surface area contributed by atoms with E-state index < -0.39 is 10.1 Å². The molecule has 0 aliphatic rings. The zero-order valence-corrected chi connectivity index (χ0v) is 12.7. The standard InChI is InChI=1S/C14H22O3S/c1-13(2,3)10-7-8-12(18(15,16)17)11(9-10)14(4,5)6/h7-9H,1-6H3,(H,15,16,17). The second-order valence-corrected chi connectivity index (χ2v) is 8.08. The predicted octanol–water partition coefficient (Wildman–Crippen LogP) is 3.53. The monoisotopic (exact) mass is 270 g/mol. The Kier molecular flexibility index (Phi) is 3.67. The van der Waals surface area contributed by atoms with Crippen molar-refractivity contribution in [3.8, 4) is 0 Å². The highest BCUT2D eigenvalue weighted by Gasteiger charge is 2.26. The number of hydrogen-bond acceptors (Lipinski definition) is 2. The summed E-state index contributed by atoms with van der Waals surface area (Å²) in [5.41, 5.74) is 1.31. The normalized spacial score (nSPS) is 13.7. The fourth-order valence-electron chi connectivity index (χ4n) is 1.81. The minimum Gasteiger partial charge on any atom is -0.282 e. The summed E-state index contributed by atoms with van der Waals surface area (Å²) in [6.07, 6.45) is 0. The Morgan fingerprint density at radius 1 is 0.944 bits per heavy atom. The predicted molar refractivity (Wildman–Crippen MR) is 73.7 cm³/mol. The average molecular weight is 270 g/mol. The van der Waals surface area contributed by atoms with Crippen LogP contribution in [0.25, 0.3) is 0 Å². The first-order valence-corrected chi connectivity index (χ1v) is 7.40. The van der Waals surface area contributed by atoms with Crippen LogP contribution in [0, 0.1) is 0 Å². The molecule has 0 bridgehead atoms. The van der Waals surface area contributed by atoms with E-state index in [0.717, 1.165) is 5.56 Å². The van der Waals surface area contributed by atoms with Gasteiger partial charge < -0.3 is 0 Å². The molecule has 102 valence electrons. The van der Waals surface area contributed by atoms with Gasteiger partial charge in [0.1, 0.15) is 0 Å². The van der Waals surface area contributed by atoms with Gasteiger partial charge in [0.2, 0.25) is 0 Å². The van der Waals surface area contributed by atoms with Gasteiger partial charge in [-0.2, -0.15) is 8.42 Å². The minimum absolute atomic E-state index is 0.00278. The Labute approximate surface area is 110 Å². The molecule has 0 aliphatic heterocycles. The van der Waals surface area contributed by atoms with Gasteiger partial charge in [-0.3, -0.25) is 4.55 Å². The lowest BCUT2D eigenvalue weighted by atomic mass is 9.81. The molecule has 0 spiro atoms. The van der Waals surface area contributed by atoms with Gasteiger partial charge in [0.15, 0.2) is 0 Å². The third-order valence-electron chi connectivity index (χ3n) is 2.93. The van der Waals surface area contributed by atoms with Crippen molar-refractivity contribution < 1.29 is 13.0 Å². The highest BCUT2D eigenvalue weighted by Crippen LogP contribution is 2.33. The summed E-state index contributed by atoms with van der Waals surface area (Å²) in [6, 6.07) is 5.14. The van der Waals surface area contributed by atoms with E-state index >= 15 is 0 Å². The largest absolute Gasteiger partial charge is 0.294 e. The van der Waals surface area contributed by atoms with Gasteiger partial charge in [-0.25, -0.2) is 0 Å². The maximum atomic E-state index is 11.4. The molecule has 3 nitrogen and oxygen atoms in total. The topological polar surface area (TPSA) is 54.4 Å². The molecule has 4 heteroatoms. The van der Waals surface area contributed by atoms with Crippen LogP contribution >= 0.6 is 0 Å². The molecular formula is C14H22O3S. The van der Waals surface area contributed by atoms with E-state index in [4.69, 9.17) is 0 Å². The summed E-state index contributed by atoms with van der Waals surface area (Å²) in [6.45, 7) is 12.0. The SMILES string of the molecule is CC(C)(C)c1ccc(S(=O)(=O)O)c(C(C)(C)C)c1. The van der Waals surface area contributed by atoms with Crippen molar-refractivity contribution in [2.45, 2.75) is 57.3 Å². The van der Waals surface area contributed by atoms with Crippen LogP contribution in [0.15, 0.2) is 23.1 Å². The molecule has 1 N–H and O–H groups in total. The Hall–Kier alpha value is -0.870. The quantitative estimate of drug-likeness (QED) is 0.794. The fraction of sp³-hybridized carbons (Fsp3) is 0.571. The first kappa shape index (κ1) is 15.2. The molecule has 0 unspecified atom stereocenters. The van der Waals surface area contributed by atoms with E-state index in [9.17, 15) is 13.0 Å². The Morgan fingerprint density at radius 3 is 1.78 bits per heavy atom. The van der Waals surface area contributed by atoms with Crippen molar-refractivity contribution in [2.24, 2.45) is 0 Å². The van der Waals surface area contributed by atoms with Crippen molar-refractivity contribution in [3.63, 3.8) is 0 Å². The van der Waals surface area contributed by atoms with Gasteiger partial charge in [0, 0.05) is 0 Å². The van der Waals surface area contributed by atoms with Crippen LogP contribution < -0.4 is 0 Å². The van der Waals surface area contributed by atoms with Crippen molar-refractivity contribution >= 4 is 10.1 Å². The summed E-state index contributed by atoms with van der Waals surface area (Å²) in [5.74, 6) is 0. The van der Waals surface area contributed by atoms with Gasteiger partial charge in [-0.05, 0) is 28.0 Å². The van der Waals surface area contributed by atoms with E-state index in [1.54, 1.807) is 6.07 Å². The molecule has 0 radical (unpaired) electrons. The third-order valence-corrected chi connectivity index (χ3v) is 3.84. The molecule has 0 aromatic heterocycles. The molecule has 0 fully saturated rings. The van der Waals surface area contributed by atoms with Gasteiger partial charge >= 0.3 is 0 Å². The van der Waals surface area contributed by atoms with Crippen molar-refractivity contribution in [1.29, 1.82) is 0 Å². The molecule has 0 amide bonds. The average Bonchev–Trinajstić information content (AvgIpc) is 2.12. The van der Waals surface area contributed by atoms with Crippen LogP contribution in [0.5, 0.6) is 0 Å². The summed E-state index contributed by atoms with van der Waals surface area (Å²) in [4.78, 5) is 0.00278. The van der Waals surface area contributed by atoms with Crippen molar-refractivity contribution in [2.75, 3.05) is 0 Å².